The minimum absolute atomic E-state index is 0.203. The molecule has 0 saturated carbocycles. The SMILES string of the molecule is COc1cc(Br)c(CCNC(=O)c2ccccc2OCc2c(C)noc2C)cc1OC. The molecule has 3 rings (SSSR count). The lowest BCUT2D eigenvalue weighted by Gasteiger charge is -2.13. The molecule has 7 nitrogen and oxygen atoms in total. The minimum Gasteiger partial charge on any atom is -0.493 e. The van der Waals surface area contributed by atoms with Crippen LogP contribution in [0, 0.1) is 13.8 Å². The van der Waals surface area contributed by atoms with Gasteiger partial charge in [-0.25, -0.2) is 0 Å². The zero-order valence-electron chi connectivity index (χ0n) is 18.0. The second kappa shape index (κ2) is 10.3. The number of nitrogens with zero attached hydrogens (tertiary/aromatic N) is 1. The van der Waals surface area contributed by atoms with Gasteiger partial charge in [-0.1, -0.05) is 33.2 Å². The molecule has 0 aliphatic carbocycles. The summed E-state index contributed by atoms with van der Waals surface area (Å²) in [5, 5.41) is 6.89. The van der Waals surface area contributed by atoms with E-state index in [9.17, 15) is 4.79 Å². The average Bonchev–Trinajstić information content (AvgIpc) is 3.10. The Morgan fingerprint density at radius 3 is 2.48 bits per heavy atom. The summed E-state index contributed by atoms with van der Waals surface area (Å²) in [5.74, 6) is 2.30. The van der Waals surface area contributed by atoms with Crippen molar-refractivity contribution in [1.82, 2.24) is 10.5 Å². The molecular formula is C23H25BrN2O5. The van der Waals surface area contributed by atoms with Crippen molar-refractivity contribution in [3.05, 3.63) is 69.0 Å². The third kappa shape index (κ3) is 5.38. The third-order valence-electron chi connectivity index (χ3n) is 4.92. The average molecular weight is 489 g/mol. The van der Waals surface area contributed by atoms with Crippen molar-refractivity contribution in [1.29, 1.82) is 0 Å². The molecule has 31 heavy (non-hydrogen) atoms. The smallest absolute Gasteiger partial charge is 0.255 e. The molecule has 0 saturated heterocycles. The van der Waals surface area contributed by atoms with Crippen molar-refractivity contribution in [2.75, 3.05) is 20.8 Å². The predicted octanol–water partition coefficient (Wildman–Crippen LogP) is 4.62. The zero-order valence-corrected chi connectivity index (χ0v) is 19.5. The Hall–Kier alpha value is -3.00. The van der Waals surface area contributed by atoms with Crippen molar-refractivity contribution in [2.45, 2.75) is 26.9 Å². The molecule has 0 unspecified atom stereocenters. The normalized spacial score (nSPS) is 10.6. The van der Waals surface area contributed by atoms with Gasteiger partial charge in [0.15, 0.2) is 11.5 Å². The molecule has 0 bridgehead atoms. The number of nitrogens with one attached hydrogen (secondary N) is 1. The Bertz CT molecular complexity index is 1040. The zero-order chi connectivity index (χ0) is 22.4. The maximum Gasteiger partial charge on any atom is 0.255 e. The molecule has 2 aromatic carbocycles. The van der Waals surface area contributed by atoms with Gasteiger partial charge in [-0.2, -0.15) is 0 Å². The first-order chi connectivity index (χ1) is 14.9. The summed E-state index contributed by atoms with van der Waals surface area (Å²) in [7, 11) is 3.19. The number of aryl methyl sites for hydroxylation is 2. The monoisotopic (exact) mass is 488 g/mol. The minimum atomic E-state index is -0.203. The van der Waals surface area contributed by atoms with E-state index in [4.69, 9.17) is 18.7 Å². The number of aromatic nitrogens is 1. The highest BCUT2D eigenvalue weighted by molar-refractivity contribution is 9.10. The molecule has 1 aromatic heterocycles. The van der Waals surface area contributed by atoms with Gasteiger partial charge < -0.3 is 24.1 Å². The van der Waals surface area contributed by atoms with Crippen molar-refractivity contribution >= 4 is 21.8 Å². The fourth-order valence-corrected chi connectivity index (χ4v) is 3.65. The lowest BCUT2D eigenvalue weighted by atomic mass is 10.1. The fraction of sp³-hybridized carbons (Fsp3) is 0.304. The number of halogens is 1. The Morgan fingerprint density at radius 1 is 1.10 bits per heavy atom. The molecule has 3 aromatic rings. The summed E-state index contributed by atoms with van der Waals surface area (Å²) >= 11 is 3.55. The molecule has 1 heterocycles. The second-order valence-corrected chi connectivity index (χ2v) is 7.75. The van der Waals surface area contributed by atoms with E-state index in [0.29, 0.717) is 41.5 Å². The van der Waals surface area contributed by atoms with Crippen molar-refractivity contribution in [2.24, 2.45) is 0 Å². The van der Waals surface area contributed by atoms with Crippen LogP contribution < -0.4 is 19.5 Å². The number of ether oxygens (including phenoxy) is 3. The molecule has 0 fully saturated rings. The number of methoxy groups -OCH3 is 2. The largest absolute Gasteiger partial charge is 0.493 e. The van der Waals surface area contributed by atoms with Crippen molar-refractivity contribution in [3.63, 3.8) is 0 Å². The quantitative estimate of drug-likeness (QED) is 0.472. The van der Waals surface area contributed by atoms with E-state index in [0.717, 1.165) is 21.3 Å². The van der Waals surface area contributed by atoms with Crippen LogP contribution in [0.3, 0.4) is 0 Å². The number of hydrogen-bond donors (Lipinski definition) is 1. The van der Waals surface area contributed by atoms with Gasteiger partial charge in [0.1, 0.15) is 18.1 Å². The number of carbonyl (C=O) groups excluding carboxylic acids is 1. The molecule has 1 amide bonds. The fourth-order valence-electron chi connectivity index (χ4n) is 3.13. The lowest BCUT2D eigenvalue weighted by Crippen LogP contribution is -2.26. The predicted molar refractivity (Wildman–Crippen MR) is 120 cm³/mol. The summed E-state index contributed by atoms with van der Waals surface area (Å²) in [5.41, 5.74) is 3.13. The molecule has 0 spiro atoms. The van der Waals surface area contributed by atoms with Crippen LogP contribution in [0.5, 0.6) is 17.2 Å². The van der Waals surface area contributed by atoms with Gasteiger partial charge >= 0.3 is 0 Å². The van der Waals surface area contributed by atoms with Crippen LogP contribution in [0.25, 0.3) is 0 Å². The molecule has 164 valence electrons. The number of rotatable bonds is 9. The molecule has 1 N–H and O–H groups in total. The first kappa shape index (κ1) is 22.7. The molecule has 0 aliphatic rings. The van der Waals surface area contributed by atoms with Crippen LogP contribution in [0.15, 0.2) is 45.4 Å². The van der Waals surface area contributed by atoms with Gasteiger partial charge in [-0.3, -0.25) is 4.79 Å². The first-order valence-electron chi connectivity index (χ1n) is 9.76. The highest BCUT2D eigenvalue weighted by atomic mass is 79.9. The maximum absolute atomic E-state index is 12.8. The third-order valence-corrected chi connectivity index (χ3v) is 5.66. The van der Waals surface area contributed by atoms with Crippen LogP contribution in [0.2, 0.25) is 0 Å². The van der Waals surface area contributed by atoms with E-state index in [1.54, 1.807) is 26.4 Å². The van der Waals surface area contributed by atoms with Gasteiger partial charge in [-0.05, 0) is 50.1 Å². The van der Waals surface area contributed by atoms with Gasteiger partial charge in [0, 0.05) is 11.0 Å². The molecule has 8 heteroatoms. The van der Waals surface area contributed by atoms with Gasteiger partial charge in [0.2, 0.25) is 0 Å². The summed E-state index contributed by atoms with van der Waals surface area (Å²) < 4.78 is 22.6. The lowest BCUT2D eigenvalue weighted by molar-refractivity contribution is 0.0949. The summed E-state index contributed by atoms with van der Waals surface area (Å²) in [6.07, 6.45) is 0.620. The van der Waals surface area contributed by atoms with E-state index in [-0.39, 0.29) is 12.5 Å². The summed E-state index contributed by atoms with van der Waals surface area (Å²) in [4.78, 5) is 12.8. The van der Waals surface area contributed by atoms with Crippen LogP contribution in [-0.4, -0.2) is 31.8 Å². The van der Waals surface area contributed by atoms with Gasteiger partial charge in [0.05, 0.1) is 31.0 Å². The van der Waals surface area contributed by atoms with E-state index >= 15 is 0 Å². The van der Waals surface area contributed by atoms with Crippen LogP contribution in [0.4, 0.5) is 0 Å². The first-order valence-corrected chi connectivity index (χ1v) is 10.6. The van der Waals surface area contributed by atoms with E-state index < -0.39 is 0 Å². The van der Waals surface area contributed by atoms with E-state index in [1.807, 2.05) is 38.1 Å². The number of para-hydroxylation sites is 1. The Morgan fingerprint density at radius 2 is 1.81 bits per heavy atom. The summed E-state index contributed by atoms with van der Waals surface area (Å²) in [6, 6.07) is 10.9. The van der Waals surface area contributed by atoms with E-state index in [1.165, 1.54) is 0 Å². The maximum atomic E-state index is 12.8. The van der Waals surface area contributed by atoms with Crippen molar-refractivity contribution < 1.29 is 23.5 Å². The Kier molecular flexibility index (Phi) is 7.57. The van der Waals surface area contributed by atoms with E-state index in [2.05, 4.69) is 26.4 Å². The van der Waals surface area contributed by atoms with Crippen molar-refractivity contribution in [3.8, 4) is 17.2 Å². The number of carbonyl (C=O) groups is 1. The van der Waals surface area contributed by atoms with Crippen LogP contribution in [-0.2, 0) is 13.0 Å². The molecular weight excluding hydrogens is 464 g/mol. The number of benzene rings is 2. The Balaban J connectivity index is 1.64. The van der Waals surface area contributed by atoms with Crippen LogP contribution >= 0.6 is 15.9 Å². The topological polar surface area (TPSA) is 82.8 Å². The number of hydrogen-bond acceptors (Lipinski definition) is 6. The molecule has 0 atom stereocenters. The highest BCUT2D eigenvalue weighted by Gasteiger charge is 2.15. The molecule has 0 radical (unpaired) electrons. The summed E-state index contributed by atoms with van der Waals surface area (Å²) in [6.45, 7) is 4.43. The van der Waals surface area contributed by atoms with Crippen LogP contribution in [0.1, 0.15) is 32.9 Å². The molecule has 0 aliphatic heterocycles. The van der Waals surface area contributed by atoms with Gasteiger partial charge in [-0.15, -0.1) is 0 Å². The standard InChI is InChI=1S/C23H25BrN2O5/c1-14-18(15(2)31-26-14)13-30-20-8-6-5-7-17(20)23(27)25-10-9-16-11-21(28-3)22(29-4)12-19(16)24/h5-8,11-12H,9-10,13H2,1-4H3,(H,25,27). The Labute approximate surface area is 189 Å². The highest BCUT2D eigenvalue weighted by Crippen LogP contribution is 2.33. The van der Waals surface area contributed by atoms with Gasteiger partial charge in [0.25, 0.3) is 5.91 Å². The second-order valence-electron chi connectivity index (χ2n) is 6.89. The number of amides is 1.